The van der Waals surface area contributed by atoms with Crippen molar-refractivity contribution in [2.75, 3.05) is 26.9 Å². The van der Waals surface area contributed by atoms with Gasteiger partial charge in [0, 0.05) is 12.6 Å². The van der Waals surface area contributed by atoms with Crippen LogP contribution in [0.15, 0.2) is 53.7 Å². The lowest BCUT2D eigenvalue weighted by atomic mass is 10.1. The molecule has 0 fully saturated rings. The van der Waals surface area contributed by atoms with Gasteiger partial charge in [-0.1, -0.05) is 29.4 Å². The summed E-state index contributed by atoms with van der Waals surface area (Å²) < 4.78 is 17.6. The van der Waals surface area contributed by atoms with Crippen LogP contribution in [0.25, 0.3) is 0 Å². The molecule has 0 unspecified atom stereocenters. The summed E-state index contributed by atoms with van der Waals surface area (Å²) >= 11 is 0. The molecule has 5 nitrogen and oxygen atoms in total. The normalized spacial score (nSPS) is 11.2. The number of benzene rings is 2. The highest BCUT2D eigenvalue weighted by Gasteiger charge is 2.07. The minimum absolute atomic E-state index is 0.592. The van der Waals surface area contributed by atoms with Crippen molar-refractivity contribution < 1.29 is 19.0 Å². The minimum Gasteiger partial charge on any atom is -0.494 e. The highest BCUT2D eigenvalue weighted by Crippen LogP contribution is 2.28. The van der Waals surface area contributed by atoms with Crippen LogP contribution in [0.4, 0.5) is 0 Å². The van der Waals surface area contributed by atoms with E-state index in [9.17, 15) is 0 Å². The van der Waals surface area contributed by atoms with Crippen LogP contribution in [0, 0.1) is 13.8 Å². The Balaban J connectivity index is 1.59. The molecule has 0 N–H and O–H groups in total. The zero-order chi connectivity index (χ0) is 23.0. The molecule has 0 aliphatic rings. The minimum atomic E-state index is 0.592. The fourth-order valence-electron chi connectivity index (χ4n) is 3.32. The Morgan fingerprint density at radius 1 is 0.812 bits per heavy atom. The Labute approximate surface area is 193 Å². The molecule has 174 valence electrons. The first-order valence-electron chi connectivity index (χ1n) is 11.4. The Morgan fingerprint density at radius 2 is 1.47 bits per heavy atom. The van der Waals surface area contributed by atoms with Crippen LogP contribution in [0.2, 0.25) is 0 Å². The molecule has 2 aromatic carbocycles. The maximum Gasteiger partial charge on any atom is 0.125 e. The fourth-order valence-corrected chi connectivity index (χ4v) is 3.32. The predicted molar refractivity (Wildman–Crippen MR) is 131 cm³/mol. The number of rotatable bonds is 15. The first kappa shape index (κ1) is 25.3. The third kappa shape index (κ3) is 9.46. The molecular formula is C27H37NO4. The van der Waals surface area contributed by atoms with E-state index in [1.54, 1.807) is 13.3 Å². The molecule has 0 saturated carbocycles. The van der Waals surface area contributed by atoms with Gasteiger partial charge in [0.25, 0.3) is 0 Å². The summed E-state index contributed by atoms with van der Waals surface area (Å²) in [4.78, 5) is 4.67. The van der Waals surface area contributed by atoms with Crippen LogP contribution >= 0.6 is 0 Å². The summed E-state index contributed by atoms with van der Waals surface area (Å²) in [5, 5.41) is 3.75. The second-order valence-corrected chi connectivity index (χ2v) is 7.70. The van der Waals surface area contributed by atoms with Crippen LogP contribution in [0.5, 0.6) is 17.2 Å². The summed E-state index contributed by atoms with van der Waals surface area (Å²) in [5.74, 6) is 2.77. The molecule has 0 aliphatic carbocycles. The highest BCUT2D eigenvalue weighted by atomic mass is 16.6. The van der Waals surface area contributed by atoms with Crippen molar-refractivity contribution in [1.29, 1.82) is 0 Å². The van der Waals surface area contributed by atoms with E-state index in [0.29, 0.717) is 6.61 Å². The topological polar surface area (TPSA) is 49.3 Å². The molecule has 5 heteroatoms. The van der Waals surface area contributed by atoms with Crippen molar-refractivity contribution in [3.8, 4) is 17.2 Å². The van der Waals surface area contributed by atoms with Gasteiger partial charge < -0.3 is 19.0 Å². The summed E-state index contributed by atoms with van der Waals surface area (Å²) in [5.41, 5.74) is 3.41. The molecule has 2 aromatic rings. The Kier molecular flexibility index (Phi) is 11.8. The van der Waals surface area contributed by atoms with Crippen molar-refractivity contribution >= 4 is 6.21 Å². The maximum absolute atomic E-state index is 6.05. The van der Waals surface area contributed by atoms with Crippen molar-refractivity contribution in [3.63, 3.8) is 0 Å². The van der Waals surface area contributed by atoms with Crippen LogP contribution in [0.3, 0.4) is 0 Å². The zero-order valence-electron chi connectivity index (χ0n) is 19.9. The fraction of sp³-hybridized carbons (Fsp3) is 0.444. The first-order valence-corrected chi connectivity index (χ1v) is 11.4. The Bertz CT molecular complexity index is 820. The number of ether oxygens (including phenoxy) is 3. The molecule has 0 saturated heterocycles. The number of oxime groups is 1. The number of allylic oxidation sites excluding steroid dienone is 1. The van der Waals surface area contributed by atoms with E-state index in [2.05, 4.69) is 36.0 Å². The van der Waals surface area contributed by atoms with Crippen molar-refractivity contribution in [3.05, 3.63) is 65.2 Å². The second kappa shape index (κ2) is 15.0. The van der Waals surface area contributed by atoms with Crippen LogP contribution < -0.4 is 14.2 Å². The predicted octanol–water partition coefficient (Wildman–Crippen LogP) is 6.45. The highest BCUT2D eigenvalue weighted by molar-refractivity contribution is 5.60. The zero-order valence-corrected chi connectivity index (χ0v) is 19.9. The Morgan fingerprint density at radius 3 is 2.09 bits per heavy atom. The molecular weight excluding hydrogens is 402 g/mol. The van der Waals surface area contributed by atoms with Gasteiger partial charge in [0.2, 0.25) is 0 Å². The molecule has 32 heavy (non-hydrogen) atoms. The van der Waals surface area contributed by atoms with E-state index < -0.39 is 0 Å². The molecule has 0 aliphatic heterocycles. The monoisotopic (exact) mass is 439 g/mol. The quantitative estimate of drug-likeness (QED) is 0.138. The third-order valence-electron chi connectivity index (χ3n) is 5.00. The van der Waals surface area contributed by atoms with E-state index >= 15 is 0 Å². The smallest absolute Gasteiger partial charge is 0.125 e. The van der Waals surface area contributed by atoms with E-state index in [4.69, 9.17) is 14.2 Å². The number of nitrogens with zero attached hydrogens (tertiary/aromatic N) is 1. The lowest BCUT2D eigenvalue weighted by Crippen LogP contribution is -2.03. The molecule has 2 rings (SSSR count). The summed E-state index contributed by atoms with van der Waals surface area (Å²) in [6.07, 6.45) is 10.8. The molecule has 0 radical (unpaired) electrons. The standard InChI is InChI=1S/C27H37NO4/c1-5-6-17-31-26-20-22(2)27(23(3)21-26)32-19-10-8-7-9-18-30-25-13-11-24(12-14-25)15-16-28-29-4/h5-6,11-14,16,20-21H,7-10,15,17-19H2,1-4H3/b6-5+,28-16?. The van der Waals surface area contributed by atoms with Crippen LogP contribution in [0.1, 0.15) is 49.3 Å². The lowest BCUT2D eigenvalue weighted by molar-refractivity contribution is 0.215. The van der Waals surface area contributed by atoms with Gasteiger partial charge in [0.05, 0.1) is 13.2 Å². The van der Waals surface area contributed by atoms with Crippen LogP contribution in [-0.4, -0.2) is 33.1 Å². The average molecular weight is 440 g/mol. The van der Waals surface area contributed by atoms with E-state index in [0.717, 1.165) is 73.7 Å². The van der Waals surface area contributed by atoms with Gasteiger partial charge in [0.1, 0.15) is 31.0 Å². The molecule has 0 aromatic heterocycles. The first-order chi connectivity index (χ1) is 15.6. The lowest BCUT2D eigenvalue weighted by Gasteiger charge is -2.14. The van der Waals surface area contributed by atoms with Crippen molar-refractivity contribution in [2.24, 2.45) is 5.16 Å². The van der Waals surface area contributed by atoms with Gasteiger partial charge in [-0.15, -0.1) is 0 Å². The van der Waals surface area contributed by atoms with E-state index in [1.165, 1.54) is 5.56 Å². The van der Waals surface area contributed by atoms with Gasteiger partial charge in [-0.05, 0) is 87.4 Å². The van der Waals surface area contributed by atoms with Gasteiger partial charge in [0.15, 0.2) is 0 Å². The molecule has 0 spiro atoms. The number of aryl methyl sites for hydroxylation is 2. The SMILES string of the molecule is C/C=C/COc1cc(C)c(OCCCCCCOc2ccc(CC=NOC)cc2)c(C)c1. The van der Waals surface area contributed by atoms with Crippen molar-refractivity contribution in [2.45, 2.75) is 52.9 Å². The molecule has 0 heterocycles. The molecule has 0 atom stereocenters. The summed E-state index contributed by atoms with van der Waals surface area (Å²) in [6.45, 7) is 8.19. The maximum atomic E-state index is 6.05. The van der Waals surface area contributed by atoms with Gasteiger partial charge in [-0.25, -0.2) is 0 Å². The number of hydrogen-bond acceptors (Lipinski definition) is 5. The van der Waals surface area contributed by atoms with Gasteiger partial charge >= 0.3 is 0 Å². The Hall–Kier alpha value is -2.95. The van der Waals surface area contributed by atoms with Gasteiger partial charge in [-0.2, -0.15) is 0 Å². The number of unbranched alkanes of at least 4 members (excludes halogenated alkanes) is 3. The summed E-state index contributed by atoms with van der Waals surface area (Å²) in [6, 6.07) is 12.2. The largest absolute Gasteiger partial charge is 0.494 e. The average Bonchev–Trinajstić information content (AvgIpc) is 2.78. The van der Waals surface area contributed by atoms with E-state index in [-0.39, 0.29) is 0 Å². The summed E-state index contributed by atoms with van der Waals surface area (Å²) in [7, 11) is 1.55. The van der Waals surface area contributed by atoms with Crippen LogP contribution in [-0.2, 0) is 11.3 Å². The molecule has 0 bridgehead atoms. The third-order valence-corrected chi connectivity index (χ3v) is 5.00. The molecule has 0 amide bonds. The second-order valence-electron chi connectivity index (χ2n) is 7.70. The van der Waals surface area contributed by atoms with E-state index in [1.807, 2.05) is 43.3 Å². The van der Waals surface area contributed by atoms with Crippen molar-refractivity contribution in [1.82, 2.24) is 0 Å². The number of hydrogen-bond donors (Lipinski definition) is 0. The van der Waals surface area contributed by atoms with Gasteiger partial charge in [-0.3, -0.25) is 0 Å².